The fraction of sp³-hybridized carbons (Fsp3) is 0.856. The van der Waals surface area contributed by atoms with Crippen LogP contribution in [0.4, 0.5) is 5.69 Å². The number of carbonyl (C=O) groups is 1. The first kappa shape index (κ1) is 98.6. The predicted octanol–water partition coefficient (Wildman–Crippen LogP) is 27.5. The van der Waals surface area contributed by atoms with Crippen LogP contribution in [-0.4, -0.2) is 82.3 Å². The summed E-state index contributed by atoms with van der Waals surface area (Å²) in [7, 11) is 5.33. The lowest BCUT2D eigenvalue weighted by Gasteiger charge is -2.28. The maximum Gasteiger partial charge on any atom is 0.0988 e. The average Bonchev–Trinajstić information content (AvgIpc) is 3.18. The van der Waals surface area contributed by atoms with Gasteiger partial charge in [-0.2, -0.15) is 0 Å². The lowest BCUT2D eigenvalue weighted by molar-refractivity contribution is -0.888. The molecule has 0 fully saturated rings. The van der Waals surface area contributed by atoms with Crippen molar-refractivity contribution in [3.8, 4) is 0 Å². The van der Waals surface area contributed by atoms with Crippen LogP contribution in [0.15, 0.2) is 54.6 Å². The molecule has 2 aromatic carbocycles. The zero-order chi connectivity index (χ0) is 73.0. The maximum atomic E-state index is 10.2. The predicted molar refractivity (Wildman–Crippen MR) is 437 cm³/mol. The van der Waals surface area contributed by atoms with E-state index in [1.54, 1.807) is 42.5 Å². The van der Waals surface area contributed by atoms with Gasteiger partial charge in [0.2, 0.25) is 0 Å². The van der Waals surface area contributed by atoms with Crippen LogP contribution >= 0.6 is 0 Å². The first-order valence-electron chi connectivity index (χ1n) is 43.7. The number of quaternary nitrogens is 2. The molecule has 2 rings (SSSR count). The van der Waals surface area contributed by atoms with Gasteiger partial charge in [-0.05, 0) is 51.2 Å². The van der Waals surface area contributed by atoms with E-state index in [0.29, 0.717) is 5.56 Å². The van der Waals surface area contributed by atoms with Crippen LogP contribution in [0, 0.1) is 0 Å². The summed E-state index contributed by atoms with van der Waals surface area (Å²) in [6, 6.07) is 14.6. The summed E-state index contributed by atoms with van der Waals surface area (Å²) in [5.41, 5.74) is 6.11. The normalized spacial score (nSPS) is 11.6. The van der Waals surface area contributed by atoms with Gasteiger partial charge in [-0.1, -0.05) is 448 Å². The van der Waals surface area contributed by atoms with E-state index in [0.717, 1.165) is 0 Å². The van der Waals surface area contributed by atoms with Crippen molar-refractivity contribution < 1.29 is 31.8 Å². The van der Waals surface area contributed by atoms with Gasteiger partial charge >= 0.3 is 0 Å². The Morgan fingerprint density at radius 2 is 0.485 bits per heavy atom. The van der Waals surface area contributed by atoms with Crippen molar-refractivity contribution in [3.63, 3.8) is 0 Å². The summed E-state index contributed by atoms with van der Waals surface area (Å²) in [4.78, 5) is 10.2. The fourth-order valence-electron chi connectivity index (χ4n) is 13.6. The van der Waals surface area contributed by atoms with Gasteiger partial charge in [0.05, 0.1) is 76.2 Å². The molecule has 0 atom stereocenters. The molecule has 584 valence electrons. The van der Waals surface area contributed by atoms with Gasteiger partial charge < -0.3 is 29.2 Å². The van der Waals surface area contributed by atoms with Crippen LogP contribution in [0.1, 0.15) is 455 Å². The van der Waals surface area contributed by atoms with Crippen LogP contribution in [0.3, 0.4) is 0 Å². The number of benzene rings is 2. The van der Waals surface area contributed by atoms with E-state index < -0.39 is 21.8 Å². The number of nitrogen functional groups attached to an aromatic ring is 1. The van der Waals surface area contributed by atoms with Crippen LogP contribution < -0.4 is 10.8 Å². The molecule has 0 saturated carbocycles. The van der Waals surface area contributed by atoms with E-state index in [9.17, 15) is 22.9 Å². The number of unbranched alkanes of at least 4 members (excludes halogenated alkanes) is 62. The molecule has 2 N–H and O–H groups in total. The molecule has 0 unspecified atom stereocenters. The second-order valence-corrected chi connectivity index (χ2v) is 33.3. The molecule has 0 aromatic heterocycles. The fourth-order valence-corrected chi connectivity index (χ4v) is 14.2. The number of nitrogens with zero attached hydrogens (tertiary/aromatic N) is 2. The van der Waals surface area contributed by atoms with E-state index in [-0.39, 0.29) is 11.3 Å². The Kier molecular flexibility index (Phi) is 76.3. The summed E-state index contributed by atoms with van der Waals surface area (Å²) < 4.78 is 33.1. The molecule has 0 aliphatic heterocycles. The van der Waals surface area contributed by atoms with Gasteiger partial charge in [0, 0.05) is 11.3 Å². The highest BCUT2D eigenvalue weighted by Crippen LogP contribution is 2.21. The quantitative estimate of drug-likeness (QED) is 0.0305. The van der Waals surface area contributed by atoms with Crippen LogP contribution in [0.25, 0.3) is 0 Å². The number of anilines is 1. The number of carboxylic acid groups (broad SMARTS) is 1. The van der Waals surface area contributed by atoms with Crippen molar-refractivity contribution >= 4 is 21.8 Å². The van der Waals surface area contributed by atoms with Gasteiger partial charge in [0.1, 0.15) is 0 Å². The number of aromatic carboxylic acids is 1. The third kappa shape index (κ3) is 81.1. The highest BCUT2D eigenvalue weighted by atomic mass is 32.2. The number of para-hydroxylation sites is 1. The van der Waals surface area contributed by atoms with E-state index >= 15 is 0 Å². The summed E-state index contributed by atoms with van der Waals surface area (Å²) >= 11 is 0. The minimum atomic E-state index is -4.13. The molecule has 8 nitrogen and oxygen atoms in total. The van der Waals surface area contributed by atoms with Crippen molar-refractivity contribution in [3.05, 3.63) is 65.7 Å². The molecule has 0 bridgehead atoms. The minimum Gasteiger partial charge on any atom is -0.748 e. The van der Waals surface area contributed by atoms with Gasteiger partial charge in [0.25, 0.3) is 0 Å². The Hall–Kier alpha value is -2.46. The molecular weight excluding hydrogens is 1240 g/mol. The lowest BCUT2D eigenvalue weighted by atomic mass is 10.0. The number of rotatable bonds is 71. The van der Waals surface area contributed by atoms with Crippen molar-refractivity contribution in [1.29, 1.82) is 0 Å². The Labute approximate surface area is 620 Å². The molecule has 2 aromatic rings. The van der Waals surface area contributed by atoms with Crippen LogP contribution in [0.5, 0.6) is 0 Å². The molecule has 0 amide bonds. The average molecular weight is 1410 g/mol. The first-order valence-corrected chi connectivity index (χ1v) is 45.3. The SMILES string of the molecule is CCCCCCCCCCCCCCCCCCCCCCCCCCCCCCCCCC[N+](C)(C)CC.CCCCCCCCCCCCCCCCCCCCCCCCCCCCCCCCCC[N+](C)(C)CC.Nc1ccccc1C(=O)[O-].O=S(=O)([O-])Cc1ccccc1. The summed E-state index contributed by atoms with van der Waals surface area (Å²) in [6.07, 6.45) is 94.7. The van der Waals surface area contributed by atoms with E-state index in [1.807, 2.05) is 0 Å². The van der Waals surface area contributed by atoms with E-state index in [4.69, 9.17) is 5.73 Å². The Bertz CT molecular complexity index is 1930. The lowest BCUT2D eigenvalue weighted by Crippen LogP contribution is -2.39. The van der Waals surface area contributed by atoms with Crippen molar-refractivity contribution in [1.82, 2.24) is 0 Å². The Balaban J connectivity index is 0. The first-order chi connectivity index (χ1) is 48.0. The minimum absolute atomic E-state index is 0.0440. The molecule has 0 heterocycles. The molecule has 0 aliphatic rings. The van der Waals surface area contributed by atoms with Gasteiger partial charge in [-0.3, -0.25) is 0 Å². The highest BCUT2D eigenvalue weighted by Gasteiger charge is 2.12. The van der Waals surface area contributed by atoms with Gasteiger partial charge in [-0.15, -0.1) is 0 Å². The third-order valence-corrected chi connectivity index (χ3v) is 22.0. The summed E-state index contributed by atoms with van der Waals surface area (Å²) in [6.45, 7) is 14.5. The number of hydrogen-bond donors (Lipinski definition) is 1. The number of hydrogen-bond acceptors (Lipinski definition) is 6. The standard InChI is InChI=1S/2C38H80N.C7H7NO2.C7H8O3S/c2*1-5-7-8-9-10-11-12-13-14-15-16-17-18-19-20-21-22-23-24-25-26-27-28-29-30-31-32-33-34-35-36-37-38-39(3,4)6-2;8-6-4-2-1-3-5(6)7(9)10;8-11(9,10)6-7-4-2-1-3-5-7/h2*5-38H2,1-4H3;1-4H,8H2,(H,9,10);1-5H,6H2,(H,8,9,10)/q2*+1;;/p-2. The van der Waals surface area contributed by atoms with Gasteiger partial charge in [0.15, 0.2) is 0 Å². The van der Waals surface area contributed by atoms with Crippen molar-refractivity contribution in [2.45, 2.75) is 444 Å². The molecule has 9 heteroatoms. The molecule has 99 heavy (non-hydrogen) atoms. The molecule has 0 aliphatic carbocycles. The largest absolute Gasteiger partial charge is 0.748 e. The van der Waals surface area contributed by atoms with E-state index in [1.165, 1.54) is 458 Å². The third-order valence-electron chi connectivity index (χ3n) is 21.3. The Morgan fingerprint density at radius 1 is 0.303 bits per heavy atom. The van der Waals surface area contributed by atoms with Crippen LogP contribution in [-0.2, 0) is 15.9 Å². The summed E-state index contributed by atoms with van der Waals surface area (Å²) in [5, 5.41) is 10.2. The zero-order valence-electron chi connectivity index (χ0n) is 67.9. The van der Waals surface area contributed by atoms with Gasteiger partial charge in [-0.25, -0.2) is 8.42 Å². The van der Waals surface area contributed by atoms with Crippen molar-refractivity contribution in [2.75, 3.05) is 60.1 Å². The topological polar surface area (TPSA) is 123 Å². The number of carbonyl (C=O) groups excluding carboxylic acids is 1. The Morgan fingerprint density at radius 3 is 0.646 bits per heavy atom. The molecule has 0 radical (unpaired) electrons. The monoisotopic (exact) mass is 1410 g/mol. The number of nitrogens with two attached hydrogens (primary N) is 1. The number of carboxylic acids is 1. The molecule has 0 saturated heterocycles. The molecular formula is C90H173N3O5S. The maximum absolute atomic E-state index is 10.2. The van der Waals surface area contributed by atoms with E-state index in [2.05, 4.69) is 55.9 Å². The smallest absolute Gasteiger partial charge is 0.0988 e. The zero-order valence-corrected chi connectivity index (χ0v) is 68.7. The van der Waals surface area contributed by atoms with Crippen LogP contribution in [0.2, 0.25) is 0 Å². The summed E-state index contributed by atoms with van der Waals surface area (Å²) in [5.74, 6) is -1.66. The van der Waals surface area contributed by atoms with Crippen molar-refractivity contribution in [2.24, 2.45) is 0 Å². The second kappa shape index (κ2) is 76.7. The second-order valence-electron chi connectivity index (χ2n) is 31.9. The highest BCUT2D eigenvalue weighted by molar-refractivity contribution is 7.84. The molecule has 0 spiro atoms.